The minimum absolute atomic E-state index is 0.109. The van der Waals surface area contributed by atoms with Gasteiger partial charge in [-0.25, -0.2) is 8.42 Å². The van der Waals surface area contributed by atoms with E-state index in [0.717, 1.165) is 24.8 Å². The van der Waals surface area contributed by atoms with Crippen molar-refractivity contribution < 1.29 is 26.7 Å². The topological polar surface area (TPSA) is 75.7 Å². The van der Waals surface area contributed by atoms with Crippen LogP contribution < -0.4 is 10.1 Å². The molecule has 9 heteroatoms. The van der Waals surface area contributed by atoms with Gasteiger partial charge in [-0.3, -0.25) is 4.79 Å². The van der Waals surface area contributed by atoms with E-state index in [4.69, 9.17) is 0 Å². The van der Waals surface area contributed by atoms with Crippen LogP contribution in [0.15, 0.2) is 47.4 Å². The Morgan fingerprint density at radius 3 is 2.52 bits per heavy atom. The third-order valence-electron chi connectivity index (χ3n) is 5.89. The fraction of sp³-hybridized carbons (Fsp3) is 0.409. The van der Waals surface area contributed by atoms with E-state index >= 15 is 0 Å². The molecule has 166 valence electrons. The molecule has 0 unspecified atom stereocenters. The third-order valence-corrected chi connectivity index (χ3v) is 7.79. The summed E-state index contributed by atoms with van der Waals surface area (Å²) in [6.07, 6.45) is 3.64. The average molecular weight is 451 g/mol. The van der Waals surface area contributed by atoms with Crippen molar-refractivity contribution in [3.63, 3.8) is 0 Å². The molecular formula is C22H24F2N2O4S. The van der Waals surface area contributed by atoms with Crippen LogP contribution in [0.25, 0.3) is 0 Å². The summed E-state index contributed by atoms with van der Waals surface area (Å²) in [5.41, 5.74) is 2.48. The van der Waals surface area contributed by atoms with Gasteiger partial charge in [-0.05, 0) is 67.5 Å². The second-order valence-electron chi connectivity index (χ2n) is 7.83. The van der Waals surface area contributed by atoms with Crippen LogP contribution in [0.1, 0.15) is 30.4 Å². The smallest absolute Gasteiger partial charge is 0.387 e. The van der Waals surface area contributed by atoms with E-state index < -0.39 is 22.6 Å². The number of nitrogens with one attached hydrogen (secondary N) is 1. The molecule has 1 aliphatic carbocycles. The van der Waals surface area contributed by atoms with Gasteiger partial charge in [0.05, 0.1) is 10.6 Å². The van der Waals surface area contributed by atoms with Crippen molar-refractivity contribution in [3.05, 3.63) is 53.6 Å². The molecule has 0 radical (unpaired) electrons. The molecule has 1 saturated heterocycles. The number of sulfonamides is 1. The molecule has 0 atom stereocenters. The number of halogens is 2. The Hall–Kier alpha value is -2.52. The predicted molar refractivity (Wildman–Crippen MR) is 112 cm³/mol. The molecule has 2 aliphatic rings. The van der Waals surface area contributed by atoms with Crippen molar-refractivity contribution in [2.75, 3.05) is 18.4 Å². The quantitative estimate of drug-likeness (QED) is 0.726. The number of alkyl halides is 2. The zero-order chi connectivity index (χ0) is 22.0. The number of piperidine rings is 1. The number of fused-ring (bicyclic) bond motifs is 1. The van der Waals surface area contributed by atoms with Gasteiger partial charge in [0.1, 0.15) is 5.75 Å². The number of ether oxygens (including phenoxy) is 1. The first-order valence-corrected chi connectivity index (χ1v) is 11.8. The summed E-state index contributed by atoms with van der Waals surface area (Å²) < 4.78 is 57.1. The average Bonchev–Trinajstić information content (AvgIpc) is 3.23. The highest BCUT2D eigenvalue weighted by Crippen LogP contribution is 2.30. The molecule has 0 spiro atoms. The van der Waals surface area contributed by atoms with Crippen LogP contribution >= 0.6 is 0 Å². The summed E-state index contributed by atoms with van der Waals surface area (Å²) in [6.45, 7) is -2.54. The van der Waals surface area contributed by atoms with Crippen molar-refractivity contribution in [1.29, 1.82) is 0 Å². The van der Waals surface area contributed by atoms with Gasteiger partial charge in [0.25, 0.3) is 0 Å². The molecule has 0 saturated carbocycles. The van der Waals surface area contributed by atoms with Crippen molar-refractivity contribution in [1.82, 2.24) is 4.31 Å². The highest BCUT2D eigenvalue weighted by Gasteiger charge is 2.33. The minimum atomic E-state index is -3.61. The Labute approximate surface area is 180 Å². The Kier molecular flexibility index (Phi) is 6.24. The molecule has 1 N–H and O–H groups in total. The van der Waals surface area contributed by atoms with Crippen molar-refractivity contribution in [3.8, 4) is 5.75 Å². The molecule has 6 nitrogen and oxygen atoms in total. The zero-order valence-corrected chi connectivity index (χ0v) is 17.7. The van der Waals surface area contributed by atoms with E-state index in [0.29, 0.717) is 17.7 Å². The maximum absolute atomic E-state index is 13.0. The number of nitrogens with zero attached hydrogens (tertiary/aromatic N) is 1. The maximum atomic E-state index is 13.0. The van der Waals surface area contributed by atoms with Crippen LogP contribution in [-0.2, 0) is 27.7 Å². The monoisotopic (exact) mass is 450 g/mol. The van der Waals surface area contributed by atoms with Gasteiger partial charge in [0.15, 0.2) is 0 Å². The molecular weight excluding hydrogens is 426 g/mol. The first kappa shape index (κ1) is 21.7. The summed E-state index contributed by atoms with van der Waals surface area (Å²) in [5.74, 6) is -0.853. The summed E-state index contributed by atoms with van der Waals surface area (Å²) in [7, 11) is -3.61. The van der Waals surface area contributed by atoms with E-state index in [1.807, 2.05) is 6.07 Å². The van der Waals surface area contributed by atoms with E-state index in [-0.39, 0.29) is 30.4 Å². The molecule has 1 amide bonds. The van der Waals surface area contributed by atoms with E-state index in [1.54, 1.807) is 18.2 Å². The number of anilines is 1. The number of amides is 1. The number of carbonyl (C=O) groups excluding carboxylic acids is 1. The fourth-order valence-electron chi connectivity index (χ4n) is 4.22. The summed E-state index contributed by atoms with van der Waals surface area (Å²) in [5, 5.41) is 2.63. The maximum Gasteiger partial charge on any atom is 0.387 e. The van der Waals surface area contributed by atoms with Crippen molar-refractivity contribution in [2.45, 2.75) is 43.6 Å². The number of para-hydroxylation sites is 2. The van der Waals surface area contributed by atoms with Crippen LogP contribution in [-0.4, -0.2) is 38.3 Å². The molecule has 1 aliphatic heterocycles. The Bertz CT molecular complexity index is 1070. The number of hydrogen-bond acceptors (Lipinski definition) is 4. The zero-order valence-electron chi connectivity index (χ0n) is 16.9. The number of rotatable bonds is 6. The summed E-state index contributed by atoms with van der Waals surface area (Å²) in [6, 6.07) is 11.3. The normalized spacial score (nSPS) is 17.5. The number of aryl methyl sites for hydroxylation is 2. The van der Waals surface area contributed by atoms with Gasteiger partial charge in [0, 0.05) is 19.0 Å². The largest absolute Gasteiger partial charge is 0.433 e. The SMILES string of the molecule is O=C(Nc1ccccc1OC(F)F)C1CCN(S(=O)(=O)c2ccc3c(c2)CCC3)CC1. The van der Waals surface area contributed by atoms with Crippen LogP contribution in [0.3, 0.4) is 0 Å². The standard InChI is InChI=1S/C22H24F2N2O4S/c23-22(24)30-20-7-2-1-6-19(20)25-21(27)16-10-12-26(13-11-16)31(28,29)18-9-8-15-4-3-5-17(15)14-18/h1-2,6-9,14,16,22H,3-5,10-13H2,(H,25,27). The molecule has 4 rings (SSSR count). The number of hydrogen-bond donors (Lipinski definition) is 1. The minimum Gasteiger partial charge on any atom is -0.433 e. The van der Waals surface area contributed by atoms with Gasteiger partial charge in [-0.15, -0.1) is 0 Å². The highest BCUT2D eigenvalue weighted by atomic mass is 32.2. The van der Waals surface area contributed by atoms with Crippen molar-refractivity contribution in [2.24, 2.45) is 5.92 Å². The lowest BCUT2D eigenvalue weighted by Crippen LogP contribution is -2.41. The van der Waals surface area contributed by atoms with Crippen LogP contribution in [0.2, 0.25) is 0 Å². The highest BCUT2D eigenvalue weighted by molar-refractivity contribution is 7.89. The van der Waals surface area contributed by atoms with Gasteiger partial charge in [-0.2, -0.15) is 13.1 Å². The first-order valence-electron chi connectivity index (χ1n) is 10.3. The van der Waals surface area contributed by atoms with Gasteiger partial charge in [0.2, 0.25) is 15.9 Å². The lowest BCUT2D eigenvalue weighted by Gasteiger charge is -2.30. The van der Waals surface area contributed by atoms with Crippen LogP contribution in [0, 0.1) is 5.92 Å². The van der Waals surface area contributed by atoms with Gasteiger partial charge < -0.3 is 10.1 Å². The molecule has 31 heavy (non-hydrogen) atoms. The van der Waals surface area contributed by atoms with Crippen LogP contribution in [0.5, 0.6) is 5.75 Å². The molecule has 2 aromatic carbocycles. The Balaban J connectivity index is 1.39. The van der Waals surface area contributed by atoms with E-state index in [9.17, 15) is 22.0 Å². The summed E-state index contributed by atoms with van der Waals surface area (Å²) >= 11 is 0. The molecule has 0 bridgehead atoms. The van der Waals surface area contributed by atoms with Crippen molar-refractivity contribution >= 4 is 21.6 Å². The molecule has 1 fully saturated rings. The summed E-state index contributed by atoms with van der Waals surface area (Å²) in [4.78, 5) is 12.9. The Morgan fingerprint density at radius 1 is 1.06 bits per heavy atom. The lowest BCUT2D eigenvalue weighted by molar-refractivity contribution is -0.121. The predicted octanol–water partition coefficient (Wildman–Crippen LogP) is 3.82. The van der Waals surface area contributed by atoms with Crippen LogP contribution in [0.4, 0.5) is 14.5 Å². The molecule has 1 heterocycles. The third kappa shape index (κ3) is 4.72. The second-order valence-corrected chi connectivity index (χ2v) is 9.76. The molecule has 2 aromatic rings. The first-order chi connectivity index (χ1) is 14.8. The number of carbonyl (C=O) groups is 1. The van der Waals surface area contributed by atoms with E-state index in [2.05, 4.69) is 10.1 Å². The van der Waals surface area contributed by atoms with Gasteiger partial charge >= 0.3 is 6.61 Å². The van der Waals surface area contributed by atoms with E-state index in [1.165, 1.54) is 28.1 Å². The lowest BCUT2D eigenvalue weighted by atomic mass is 9.97. The molecule has 0 aromatic heterocycles. The Morgan fingerprint density at radius 2 is 1.77 bits per heavy atom. The second kappa shape index (κ2) is 8.92. The fourth-order valence-corrected chi connectivity index (χ4v) is 5.74. The number of benzene rings is 2. The van der Waals surface area contributed by atoms with Gasteiger partial charge in [-0.1, -0.05) is 18.2 Å².